The Balaban J connectivity index is 2.28. The second-order valence-corrected chi connectivity index (χ2v) is 5.27. The minimum atomic E-state index is -0.504. The van der Waals surface area contributed by atoms with E-state index < -0.39 is 4.92 Å². The van der Waals surface area contributed by atoms with Gasteiger partial charge in [-0.2, -0.15) is 4.98 Å². The van der Waals surface area contributed by atoms with Gasteiger partial charge in [0.25, 0.3) is 0 Å². The Bertz CT molecular complexity index is 648. The van der Waals surface area contributed by atoms with Crippen molar-refractivity contribution in [2.45, 2.75) is 13.0 Å². The van der Waals surface area contributed by atoms with Crippen LogP contribution in [-0.2, 0) is 0 Å². The molecule has 21 heavy (non-hydrogen) atoms. The smallest absolute Gasteiger partial charge is 0.329 e. The molecule has 0 aliphatic carbocycles. The highest BCUT2D eigenvalue weighted by Gasteiger charge is 2.19. The van der Waals surface area contributed by atoms with Gasteiger partial charge in [0.15, 0.2) is 0 Å². The highest BCUT2D eigenvalue weighted by molar-refractivity contribution is 9.10. The minimum absolute atomic E-state index is 0.128. The van der Waals surface area contributed by atoms with E-state index in [1.165, 1.54) is 6.20 Å². The van der Waals surface area contributed by atoms with E-state index in [1.807, 2.05) is 31.2 Å². The summed E-state index contributed by atoms with van der Waals surface area (Å²) in [6, 6.07) is 7.58. The fourth-order valence-electron chi connectivity index (χ4n) is 1.78. The van der Waals surface area contributed by atoms with Crippen molar-refractivity contribution < 1.29 is 4.92 Å². The van der Waals surface area contributed by atoms with E-state index in [1.54, 1.807) is 7.05 Å². The van der Waals surface area contributed by atoms with Gasteiger partial charge in [-0.1, -0.05) is 28.1 Å². The summed E-state index contributed by atoms with van der Waals surface area (Å²) in [6.45, 7) is 1.91. The van der Waals surface area contributed by atoms with Gasteiger partial charge in [-0.25, -0.2) is 4.98 Å². The molecule has 110 valence electrons. The average Bonchev–Trinajstić information content (AvgIpc) is 2.47. The molecule has 2 N–H and O–H groups in total. The molecule has 0 aliphatic rings. The van der Waals surface area contributed by atoms with Crippen LogP contribution >= 0.6 is 15.9 Å². The molecule has 0 saturated carbocycles. The van der Waals surface area contributed by atoms with Gasteiger partial charge >= 0.3 is 5.69 Å². The Hall–Kier alpha value is -2.22. The second-order valence-electron chi connectivity index (χ2n) is 4.35. The normalized spacial score (nSPS) is 11.8. The molecule has 0 radical (unpaired) electrons. The van der Waals surface area contributed by atoms with Crippen LogP contribution in [0.15, 0.2) is 34.9 Å². The summed E-state index contributed by atoms with van der Waals surface area (Å²) < 4.78 is 0.976. The highest BCUT2D eigenvalue weighted by atomic mass is 79.9. The van der Waals surface area contributed by atoms with Crippen LogP contribution in [0.3, 0.4) is 0 Å². The molecular weight excluding hydrogens is 338 g/mol. The number of rotatable bonds is 5. The van der Waals surface area contributed by atoms with Crippen LogP contribution in [0.1, 0.15) is 18.5 Å². The first-order valence-corrected chi connectivity index (χ1v) is 7.01. The largest absolute Gasteiger partial charge is 0.358 e. The predicted octanol–water partition coefficient (Wildman–Crippen LogP) is 3.36. The van der Waals surface area contributed by atoms with Crippen LogP contribution in [-0.4, -0.2) is 21.9 Å². The average molecular weight is 352 g/mol. The summed E-state index contributed by atoms with van der Waals surface area (Å²) in [5.41, 5.74) is 0.843. The lowest BCUT2D eigenvalue weighted by atomic mass is 10.1. The van der Waals surface area contributed by atoms with Crippen molar-refractivity contribution in [1.82, 2.24) is 9.97 Å². The van der Waals surface area contributed by atoms with E-state index in [4.69, 9.17) is 0 Å². The third-order valence-corrected chi connectivity index (χ3v) is 3.44. The van der Waals surface area contributed by atoms with Gasteiger partial charge in [-0.05, 0) is 24.6 Å². The zero-order valence-corrected chi connectivity index (χ0v) is 13.1. The lowest BCUT2D eigenvalue weighted by Crippen LogP contribution is -2.11. The zero-order chi connectivity index (χ0) is 15.4. The molecule has 1 atom stereocenters. The summed E-state index contributed by atoms with van der Waals surface area (Å²) in [7, 11) is 1.66. The van der Waals surface area contributed by atoms with Crippen LogP contribution in [0.2, 0.25) is 0 Å². The molecule has 2 aromatic rings. The van der Waals surface area contributed by atoms with Crippen LogP contribution in [0, 0.1) is 10.1 Å². The molecule has 8 heteroatoms. The van der Waals surface area contributed by atoms with Crippen molar-refractivity contribution in [1.29, 1.82) is 0 Å². The van der Waals surface area contributed by atoms with Crippen LogP contribution in [0.4, 0.5) is 17.5 Å². The molecule has 0 bridgehead atoms. The number of nitro groups is 1. The lowest BCUT2D eigenvalue weighted by Gasteiger charge is -2.15. The monoisotopic (exact) mass is 351 g/mol. The third-order valence-electron chi connectivity index (χ3n) is 2.91. The van der Waals surface area contributed by atoms with E-state index in [2.05, 4.69) is 36.5 Å². The molecule has 1 heterocycles. The summed E-state index contributed by atoms with van der Waals surface area (Å²) in [6.07, 6.45) is 1.19. The first-order chi connectivity index (χ1) is 10.0. The number of halogens is 1. The van der Waals surface area contributed by atoms with Crippen LogP contribution in [0.5, 0.6) is 0 Å². The van der Waals surface area contributed by atoms with Crippen molar-refractivity contribution in [3.05, 3.63) is 50.6 Å². The topological polar surface area (TPSA) is 93.0 Å². The lowest BCUT2D eigenvalue weighted by molar-refractivity contribution is -0.384. The molecule has 0 fully saturated rings. The van der Waals surface area contributed by atoms with Crippen molar-refractivity contribution in [2.75, 3.05) is 17.7 Å². The van der Waals surface area contributed by atoms with Crippen LogP contribution < -0.4 is 10.6 Å². The SMILES string of the molecule is CNc1ncc([N+](=O)[O-])c(NC(C)c2ccc(Br)cc2)n1. The number of hydrogen-bond donors (Lipinski definition) is 2. The first kappa shape index (κ1) is 15.2. The predicted molar refractivity (Wildman–Crippen MR) is 84.4 cm³/mol. The second kappa shape index (κ2) is 6.49. The fourth-order valence-corrected chi connectivity index (χ4v) is 2.04. The third kappa shape index (κ3) is 3.66. The van der Waals surface area contributed by atoms with Gasteiger partial charge in [0, 0.05) is 11.5 Å². The quantitative estimate of drug-likeness (QED) is 0.633. The van der Waals surface area contributed by atoms with Gasteiger partial charge in [0.1, 0.15) is 6.20 Å². The van der Waals surface area contributed by atoms with Gasteiger partial charge < -0.3 is 10.6 Å². The van der Waals surface area contributed by atoms with E-state index >= 15 is 0 Å². The van der Waals surface area contributed by atoms with Crippen molar-refractivity contribution in [3.63, 3.8) is 0 Å². The molecule has 0 spiro atoms. The number of nitrogens with zero attached hydrogens (tertiary/aromatic N) is 3. The highest BCUT2D eigenvalue weighted by Crippen LogP contribution is 2.27. The maximum Gasteiger partial charge on any atom is 0.329 e. The minimum Gasteiger partial charge on any atom is -0.358 e. The molecule has 1 aromatic carbocycles. The van der Waals surface area contributed by atoms with Crippen molar-refractivity contribution in [3.8, 4) is 0 Å². The fraction of sp³-hybridized carbons (Fsp3) is 0.231. The van der Waals surface area contributed by atoms with Crippen LogP contribution in [0.25, 0.3) is 0 Å². The molecule has 0 aliphatic heterocycles. The summed E-state index contributed by atoms with van der Waals surface area (Å²) in [5.74, 6) is 0.515. The summed E-state index contributed by atoms with van der Waals surface area (Å²) >= 11 is 3.37. The summed E-state index contributed by atoms with van der Waals surface area (Å²) in [4.78, 5) is 18.5. The molecule has 0 amide bonds. The number of anilines is 2. The van der Waals surface area contributed by atoms with E-state index in [0.717, 1.165) is 10.0 Å². The summed E-state index contributed by atoms with van der Waals surface area (Å²) in [5, 5.41) is 16.9. The van der Waals surface area contributed by atoms with Gasteiger partial charge in [0.2, 0.25) is 11.8 Å². The molecular formula is C13H14BrN5O2. The standard InChI is InChI=1S/C13H14BrN5O2/c1-8(9-3-5-10(14)6-4-9)17-12-11(19(20)21)7-16-13(15-2)18-12/h3-8H,1-2H3,(H2,15,16,17,18). The Kier molecular flexibility index (Phi) is 4.69. The molecule has 7 nitrogen and oxygen atoms in total. The van der Waals surface area contributed by atoms with Crippen molar-refractivity contribution in [2.24, 2.45) is 0 Å². The maximum atomic E-state index is 11.0. The number of nitrogens with one attached hydrogen (secondary N) is 2. The number of aromatic nitrogens is 2. The van der Waals surface area contributed by atoms with E-state index in [0.29, 0.717) is 5.95 Å². The van der Waals surface area contributed by atoms with E-state index in [9.17, 15) is 10.1 Å². The Morgan fingerprint density at radius 1 is 1.33 bits per heavy atom. The number of hydrogen-bond acceptors (Lipinski definition) is 6. The molecule has 0 saturated heterocycles. The maximum absolute atomic E-state index is 11.0. The van der Waals surface area contributed by atoms with Gasteiger partial charge in [-0.3, -0.25) is 10.1 Å². The number of benzene rings is 1. The zero-order valence-electron chi connectivity index (χ0n) is 11.5. The van der Waals surface area contributed by atoms with Gasteiger partial charge in [0.05, 0.1) is 11.0 Å². The molecule has 2 rings (SSSR count). The molecule has 1 unspecified atom stereocenters. The Labute approximate surface area is 130 Å². The molecule has 1 aromatic heterocycles. The van der Waals surface area contributed by atoms with Crippen molar-refractivity contribution >= 4 is 33.4 Å². The van der Waals surface area contributed by atoms with Gasteiger partial charge in [-0.15, -0.1) is 0 Å². The Morgan fingerprint density at radius 2 is 2.00 bits per heavy atom. The Morgan fingerprint density at radius 3 is 2.57 bits per heavy atom. The first-order valence-electron chi connectivity index (χ1n) is 6.22. The van der Waals surface area contributed by atoms with E-state index in [-0.39, 0.29) is 17.5 Å².